The lowest BCUT2D eigenvalue weighted by atomic mass is 10.2. The Morgan fingerprint density at radius 1 is 1.18 bits per heavy atom. The number of halogens is 2. The minimum Gasteiger partial charge on any atom is -0.477 e. The van der Waals surface area contributed by atoms with Gasteiger partial charge < -0.3 is 30.0 Å². The number of benzene rings is 1. The first-order valence-corrected chi connectivity index (χ1v) is 13.0. The van der Waals surface area contributed by atoms with E-state index in [-0.39, 0.29) is 23.3 Å². The summed E-state index contributed by atoms with van der Waals surface area (Å²) in [6.07, 6.45) is 1.25. The monoisotopic (exact) mass is 553 g/mol. The lowest BCUT2D eigenvalue weighted by Gasteiger charge is -2.37. The molecule has 1 atom stereocenters. The van der Waals surface area contributed by atoms with Crippen molar-refractivity contribution in [1.82, 2.24) is 29.8 Å². The van der Waals surface area contributed by atoms with E-state index in [1.807, 2.05) is 22.9 Å². The first-order chi connectivity index (χ1) is 19.4. The predicted molar refractivity (Wildman–Crippen MR) is 143 cm³/mol. The molecule has 5 heterocycles. The summed E-state index contributed by atoms with van der Waals surface area (Å²) in [5.74, 6) is -0.577. The van der Waals surface area contributed by atoms with Crippen molar-refractivity contribution in [1.29, 1.82) is 0 Å². The molecule has 12 nitrogen and oxygen atoms in total. The summed E-state index contributed by atoms with van der Waals surface area (Å²) in [5, 5.41) is 7.07. The van der Waals surface area contributed by atoms with Crippen LogP contribution in [0.5, 0.6) is 5.75 Å². The second kappa shape index (κ2) is 10.6. The number of carbonyl (C=O) groups is 1. The molecule has 0 saturated carbocycles. The van der Waals surface area contributed by atoms with Crippen LogP contribution in [0.3, 0.4) is 0 Å². The van der Waals surface area contributed by atoms with Crippen LogP contribution in [-0.4, -0.2) is 89.4 Å². The van der Waals surface area contributed by atoms with Crippen molar-refractivity contribution in [2.24, 2.45) is 0 Å². The number of carbonyl (C=O) groups excluding carboxylic acids is 1. The van der Waals surface area contributed by atoms with Gasteiger partial charge in [-0.1, -0.05) is 0 Å². The number of nitrogen functional groups attached to an aromatic ring is 1. The zero-order chi connectivity index (χ0) is 27.8. The summed E-state index contributed by atoms with van der Waals surface area (Å²) in [6.45, 7) is 4.31. The largest absolute Gasteiger partial charge is 0.477 e. The third-order valence-electron chi connectivity index (χ3n) is 7.19. The number of nitrogens with one attached hydrogen (secondary N) is 1. The van der Waals surface area contributed by atoms with Gasteiger partial charge in [-0.25, -0.2) is 8.78 Å². The van der Waals surface area contributed by atoms with E-state index in [1.165, 1.54) is 10.6 Å². The fourth-order valence-corrected chi connectivity index (χ4v) is 4.90. The lowest BCUT2D eigenvalue weighted by molar-refractivity contribution is -0.125. The summed E-state index contributed by atoms with van der Waals surface area (Å²) >= 11 is 0. The van der Waals surface area contributed by atoms with Crippen molar-refractivity contribution < 1.29 is 22.7 Å². The third-order valence-corrected chi connectivity index (χ3v) is 7.19. The number of likely N-dealkylation sites (N-methyl/N-ethyl adjacent to an activating group) is 1. The third kappa shape index (κ3) is 5.09. The van der Waals surface area contributed by atoms with Gasteiger partial charge in [-0.3, -0.25) is 9.69 Å². The number of nitrogens with zero attached hydrogens (tertiary/aromatic N) is 7. The highest BCUT2D eigenvalue weighted by molar-refractivity contribution is 5.83. The van der Waals surface area contributed by atoms with Crippen molar-refractivity contribution in [2.75, 3.05) is 68.4 Å². The van der Waals surface area contributed by atoms with E-state index in [0.29, 0.717) is 68.7 Å². The molecule has 3 aromatic heterocycles. The van der Waals surface area contributed by atoms with E-state index in [1.54, 1.807) is 18.4 Å². The second-order valence-electron chi connectivity index (χ2n) is 9.83. The maximum Gasteiger partial charge on any atom is 0.261 e. The van der Waals surface area contributed by atoms with Gasteiger partial charge in [-0.15, -0.1) is 0 Å². The zero-order valence-corrected chi connectivity index (χ0v) is 21.9. The highest BCUT2D eigenvalue weighted by Crippen LogP contribution is 2.30. The lowest BCUT2D eigenvalue weighted by Crippen LogP contribution is -2.48. The number of aromatic nitrogens is 4. The molecular weight excluding hydrogens is 524 g/mol. The molecule has 2 aliphatic rings. The van der Waals surface area contributed by atoms with Crippen molar-refractivity contribution in [3.8, 4) is 17.2 Å². The smallest absolute Gasteiger partial charge is 0.261 e. The summed E-state index contributed by atoms with van der Waals surface area (Å²) in [6, 6.07) is 7.56. The van der Waals surface area contributed by atoms with Crippen molar-refractivity contribution in [3.05, 3.63) is 48.2 Å². The number of ether oxygens (including phenoxy) is 1. The standard InChI is InChI=1S/C26H29F2N9O3/c1-34(26-31-23-14-18(20-3-2-12-39-20)33-37(23)25(29)32-26)6-7-35-8-10-36(11-9-35)19-15-22(17(28)13-16(19)27)40-21-4-5-30-24(21)38/h2-3,12-15,21H,4-11H2,1H3,(H,30,38)(H2,29,31,32)/t21-/m0/s1. The minimum atomic E-state index is -0.822. The van der Waals surface area contributed by atoms with E-state index in [9.17, 15) is 13.6 Å². The Bertz CT molecular complexity index is 1520. The van der Waals surface area contributed by atoms with Gasteiger partial charge in [0.25, 0.3) is 5.91 Å². The molecule has 40 heavy (non-hydrogen) atoms. The van der Waals surface area contributed by atoms with Gasteiger partial charge in [0, 0.05) is 77.5 Å². The fraction of sp³-hybridized carbons (Fsp3) is 0.385. The number of nitrogens with two attached hydrogens (primary N) is 1. The Morgan fingerprint density at radius 3 is 2.73 bits per heavy atom. The molecule has 2 fully saturated rings. The minimum absolute atomic E-state index is 0.117. The van der Waals surface area contributed by atoms with Crippen LogP contribution in [0.2, 0.25) is 0 Å². The molecule has 4 aromatic rings. The first-order valence-electron chi connectivity index (χ1n) is 13.0. The van der Waals surface area contributed by atoms with Gasteiger partial charge in [0.05, 0.1) is 12.0 Å². The number of amides is 1. The molecule has 14 heteroatoms. The van der Waals surface area contributed by atoms with Gasteiger partial charge in [-0.2, -0.15) is 19.6 Å². The zero-order valence-electron chi connectivity index (χ0n) is 21.9. The van der Waals surface area contributed by atoms with Gasteiger partial charge >= 0.3 is 0 Å². The Labute approximate surface area is 228 Å². The Morgan fingerprint density at radius 2 is 2.00 bits per heavy atom. The van der Waals surface area contributed by atoms with Gasteiger partial charge in [0.15, 0.2) is 29.1 Å². The van der Waals surface area contributed by atoms with Crippen LogP contribution < -0.4 is 25.6 Å². The van der Waals surface area contributed by atoms with Gasteiger partial charge in [0.1, 0.15) is 11.5 Å². The molecular formula is C26H29F2N9O3. The van der Waals surface area contributed by atoms with Gasteiger partial charge in [-0.05, 0) is 12.1 Å². The van der Waals surface area contributed by atoms with E-state index in [0.717, 1.165) is 12.6 Å². The Hall–Kier alpha value is -4.46. The number of piperazine rings is 1. The van der Waals surface area contributed by atoms with Crippen LogP contribution in [-0.2, 0) is 4.79 Å². The van der Waals surface area contributed by atoms with E-state index < -0.39 is 17.7 Å². The molecule has 0 radical (unpaired) electrons. The molecule has 3 N–H and O–H groups in total. The molecule has 0 bridgehead atoms. The SMILES string of the molecule is CN(CCN1CCN(c2cc(O[C@H]3CCNC3=O)c(F)cc2F)CC1)c1nc(N)n2nc(-c3ccco3)cc2n1. The molecule has 1 aromatic carbocycles. The topological polar surface area (TPSA) is 130 Å². The molecule has 0 spiro atoms. The highest BCUT2D eigenvalue weighted by Gasteiger charge is 2.28. The highest BCUT2D eigenvalue weighted by atomic mass is 19.1. The number of anilines is 3. The van der Waals surface area contributed by atoms with Crippen molar-refractivity contribution in [3.63, 3.8) is 0 Å². The second-order valence-corrected chi connectivity index (χ2v) is 9.83. The van der Waals surface area contributed by atoms with E-state index in [2.05, 4.69) is 25.3 Å². The molecule has 2 aliphatic heterocycles. The number of fused-ring (bicyclic) bond motifs is 1. The fourth-order valence-electron chi connectivity index (χ4n) is 4.90. The van der Waals surface area contributed by atoms with Crippen molar-refractivity contribution >= 4 is 29.1 Å². The number of rotatable bonds is 8. The van der Waals surface area contributed by atoms with Crippen LogP contribution >= 0.6 is 0 Å². The quantitative estimate of drug-likeness (QED) is 0.333. The molecule has 0 aliphatic carbocycles. The molecule has 1 amide bonds. The van der Waals surface area contributed by atoms with Crippen LogP contribution in [0.15, 0.2) is 41.0 Å². The molecule has 0 unspecified atom stereocenters. The molecule has 2 saturated heterocycles. The number of furan rings is 1. The summed E-state index contributed by atoms with van der Waals surface area (Å²) < 4.78 is 41.5. The van der Waals surface area contributed by atoms with E-state index in [4.69, 9.17) is 14.9 Å². The van der Waals surface area contributed by atoms with E-state index >= 15 is 0 Å². The summed E-state index contributed by atoms with van der Waals surface area (Å²) in [4.78, 5) is 26.9. The first kappa shape index (κ1) is 25.8. The van der Waals surface area contributed by atoms with Crippen LogP contribution in [0.4, 0.5) is 26.4 Å². The van der Waals surface area contributed by atoms with Crippen molar-refractivity contribution in [2.45, 2.75) is 12.5 Å². The average molecular weight is 554 g/mol. The average Bonchev–Trinajstić information content (AvgIpc) is 3.71. The molecule has 210 valence electrons. The maximum atomic E-state index is 14.7. The number of hydrogen-bond acceptors (Lipinski definition) is 10. The molecule has 6 rings (SSSR count). The summed E-state index contributed by atoms with van der Waals surface area (Å²) in [7, 11) is 1.89. The van der Waals surface area contributed by atoms with Crippen LogP contribution in [0, 0.1) is 11.6 Å². The normalized spacial score (nSPS) is 17.9. The predicted octanol–water partition coefficient (Wildman–Crippen LogP) is 1.77. The number of hydrogen-bond donors (Lipinski definition) is 2. The summed E-state index contributed by atoms with van der Waals surface area (Å²) in [5.41, 5.74) is 7.59. The van der Waals surface area contributed by atoms with Crippen LogP contribution in [0.1, 0.15) is 6.42 Å². The van der Waals surface area contributed by atoms with Gasteiger partial charge in [0.2, 0.25) is 11.9 Å². The van der Waals surface area contributed by atoms with Crippen LogP contribution in [0.25, 0.3) is 17.1 Å². The Kier molecular flexibility index (Phi) is 6.84. The Balaban J connectivity index is 1.06. The maximum absolute atomic E-state index is 14.7.